The highest BCUT2D eigenvalue weighted by molar-refractivity contribution is 6.07. The summed E-state index contributed by atoms with van der Waals surface area (Å²) in [7, 11) is 0. The van der Waals surface area contributed by atoms with Crippen LogP contribution in [0.2, 0.25) is 0 Å². The maximum atomic E-state index is 12.7. The number of carbonyl (C=O) groups is 1. The van der Waals surface area contributed by atoms with Crippen LogP contribution in [0.5, 0.6) is 0 Å². The van der Waals surface area contributed by atoms with E-state index in [0.29, 0.717) is 11.3 Å². The smallest absolute Gasteiger partial charge is 0.269 e. The summed E-state index contributed by atoms with van der Waals surface area (Å²) in [5, 5.41) is 14.8. The van der Waals surface area contributed by atoms with Crippen LogP contribution in [0.3, 0.4) is 0 Å². The number of nitrogens with zero attached hydrogens (tertiary/aromatic N) is 1. The highest BCUT2D eigenvalue weighted by Gasteiger charge is 2.38. The second-order valence-corrected chi connectivity index (χ2v) is 7.84. The Morgan fingerprint density at radius 2 is 2.06 bits per heavy atom. The Balaban J connectivity index is 1.46. The van der Waals surface area contributed by atoms with Crippen molar-refractivity contribution in [3.63, 3.8) is 0 Å². The first-order valence-electron chi connectivity index (χ1n) is 10.2. The summed E-state index contributed by atoms with van der Waals surface area (Å²) in [4.78, 5) is 23.5. The minimum atomic E-state index is -0.362. The number of rotatable bonds is 5. The van der Waals surface area contributed by atoms with E-state index in [1.165, 1.54) is 12.1 Å². The van der Waals surface area contributed by atoms with Crippen molar-refractivity contribution in [3.8, 4) is 0 Å². The molecule has 31 heavy (non-hydrogen) atoms. The lowest BCUT2D eigenvalue weighted by molar-refractivity contribution is -0.384. The third kappa shape index (κ3) is 3.57. The van der Waals surface area contributed by atoms with Gasteiger partial charge in [0.15, 0.2) is 5.78 Å². The van der Waals surface area contributed by atoms with E-state index in [1.807, 2.05) is 24.3 Å². The molecule has 3 unspecified atom stereocenters. The third-order valence-corrected chi connectivity index (χ3v) is 6.03. The Morgan fingerprint density at radius 1 is 1.16 bits per heavy atom. The quantitative estimate of drug-likeness (QED) is 0.185. The van der Waals surface area contributed by atoms with Crippen molar-refractivity contribution >= 4 is 23.2 Å². The first-order chi connectivity index (χ1) is 15.1. The van der Waals surface area contributed by atoms with Crippen molar-refractivity contribution < 1.29 is 14.1 Å². The van der Waals surface area contributed by atoms with Crippen LogP contribution in [0, 0.1) is 16.0 Å². The molecule has 3 aromatic rings. The highest BCUT2D eigenvalue weighted by Crippen LogP contribution is 2.50. The summed E-state index contributed by atoms with van der Waals surface area (Å²) in [6, 6.07) is 16.1. The number of allylic oxidation sites excluding steroid dienone is 3. The number of hydrogen-bond acceptors (Lipinski definition) is 5. The molecule has 0 saturated carbocycles. The Bertz CT molecular complexity index is 1210. The van der Waals surface area contributed by atoms with Crippen molar-refractivity contribution in [2.45, 2.75) is 18.4 Å². The van der Waals surface area contributed by atoms with Gasteiger partial charge in [0.25, 0.3) is 5.69 Å². The van der Waals surface area contributed by atoms with Gasteiger partial charge in [0.2, 0.25) is 0 Å². The van der Waals surface area contributed by atoms with E-state index in [2.05, 4.69) is 17.5 Å². The number of nitrogens with one attached hydrogen (secondary N) is 1. The van der Waals surface area contributed by atoms with Gasteiger partial charge in [0.1, 0.15) is 5.76 Å². The topological polar surface area (TPSA) is 85.4 Å². The monoisotopic (exact) mass is 412 g/mol. The lowest BCUT2D eigenvalue weighted by Crippen LogP contribution is -2.29. The van der Waals surface area contributed by atoms with Crippen LogP contribution in [0.25, 0.3) is 6.08 Å². The molecule has 1 aliphatic carbocycles. The molecule has 0 bridgehead atoms. The Hall–Kier alpha value is -3.93. The molecule has 3 atom stereocenters. The maximum absolute atomic E-state index is 12.7. The number of anilines is 1. The average Bonchev–Trinajstić information content (AvgIpc) is 3.49. The number of furan rings is 1. The Morgan fingerprint density at radius 3 is 2.87 bits per heavy atom. The molecule has 0 amide bonds. The molecular weight excluding hydrogens is 392 g/mol. The van der Waals surface area contributed by atoms with Gasteiger partial charge in [0, 0.05) is 29.3 Å². The zero-order valence-electron chi connectivity index (χ0n) is 16.6. The first-order valence-corrected chi connectivity index (χ1v) is 10.2. The largest absolute Gasteiger partial charge is 0.465 e. The summed E-state index contributed by atoms with van der Waals surface area (Å²) >= 11 is 0. The number of non-ortho nitro benzene ring substituents is 1. The van der Waals surface area contributed by atoms with E-state index in [9.17, 15) is 14.9 Å². The second kappa shape index (κ2) is 7.72. The van der Waals surface area contributed by atoms with Gasteiger partial charge in [0.05, 0.1) is 17.2 Å². The van der Waals surface area contributed by atoms with Crippen LogP contribution in [0.15, 0.2) is 83.5 Å². The van der Waals surface area contributed by atoms with Crippen LogP contribution in [0.1, 0.15) is 45.6 Å². The number of fused-ring (bicyclic) bond motifs is 3. The number of nitro benzene ring substituents is 1. The molecule has 1 aliphatic heterocycles. The predicted molar refractivity (Wildman–Crippen MR) is 118 cm³/mol. The van der Waals surface area contributed by atoms with E-state index in [1.54, 1.807) is 36.6 Å². The lowest BCUT2D eigenvalue weighted by Gasteiger charge is -2.37. The van der Waals surface area contributed by atoms with Gasteiger partial charge >= 0.3 is 0 Å². The zero-order chi connectivity index (χ0) is 21.4. The van der Waals surface area contributed by atoms with Gasteiger partial charge < -0.3 is 9.73 Å². The fourth-order valence-electron chi connectivity index (χ4n) is 4.55. The average molecular weight is 412 g/mol. The highest BCUT2D eigenvalue weighted by atomic mass is 16.6. The molecule has 2 aliphatic rings. The molecule has 0 spiro atoms. The lowest BCUT2D eigenvalue weighted by atomic mass is 9.76. The molecule has 6 nitrogen and oxygen atoms in total. The first kappa shape index (κ1) is 19.1. The van der Waals surface area contributed by atoms with Gasteiger partial charge in [-0.2, -0.15) is 0 Å². The molecule has 154 valence electrons. The summed E-state index contributed by atoms with van der Waals surface area (Å²) in [5.41, 5.74) is 3.65. The van der Waals surface area contributed by atoms with Crippen LogP contribution < -0.4 is 5.32 Å². The van der Waals surface area contributed by atoms with Crippen LogP contribution in [0.4, 0.5) is 11.4 Å². The van der Waals surface area contributed by atoms with Crippen molar-refractivity contribution in [2.24, 2.45) is 5.92 Å². The number of ketones is 1. The van der Waals surface area contributed by atoms with Crippen molar-refractivity contribution in [1.29, 1.82) is 0 Å². The minimum Gasteiger partial charge on any atom is -0.465 e. The molecule has 1 aromatic heterocycles. The normalized spacial score (nSPS) is 21.5. The molecule has 5 rings (SSSR count). The zero-order valence-corrected chi connectivity index (χ0v) is 16.6. The molecule has 1 N–H and O–H groups in total. The van der Waals surface area contributed by atoms with E-state index in [0.717, 1.165) is 23.2 Å². The van der Waals surface area contributed by atoms with Crippen molar-refractivity contribution in [3.05, 3.63) is 112 Å². The van der Waals surface area contributed by atoms with Crippen LogP contribution in [-0.4, -0.2) is 10.7 Å². The Labute approximate surface area is 179 Å². The fraction of sp³-hybridized carbons (Fsp3) is 0.160. The van der Waals surface area contributed by atoms with E-state index in [-0.39, 0.29) is 34.3 Å². The predicted octanol–water partition coefficient (Wildman–Crippen LogP) is 5.91. The molecule has 0 saturated heterocycles. The van der Waals surface area contributed by atoms with Gasteiger partial charge in [-0.25, -0.2) is 0 Å². The molecule has 0 radical (unpaired) electrons. The van der Waals surface area contributed by atoms with Crippen LogP contribution in [-0.2, 0) is 0 Å². The van der Waals surface area contributed by atoms with Gasteiger partial charge in [-0.05, 0) is 65.9 Å². The van der Waals surface area contributed by atoms with E-state index >= 15 is 0 Å². The molecule has 6 heteroatoms. The summed E-state index contributed by atoms with van der Waals surface area (Å²) in [5.74, 6) is 0.936. The summed E-state index contributed by atoms with van der Waals surface area (Å²) in [6.07, 6.45) is 9.96. The number of benzene rings is 2. The van der Waals surface area contributed by atoms with Gasteiger partial charge in [-0.15, -0.1) is 0 Å². The molecular formula is C25H20N2O4. The van der Waals surface area contributed by atoms with E-state index in [4.69, 9.17) is 4.42 Å². The fourth-order valence-corrected chi connectivity index (χ4v) is 4.55. The number of hydrogen-bond donors (Lipinski definition) is 1. The second-order valence-electron chi connectivity index (χ2n) is 7.84. The maximum Gasteiger partial charge on any atom is 0.269 e. The molecule has 2 heterocycles. The van der Waals surface area contributed by atoms with Gasteiger partial charge in [-0.3, -0.25) is 14.9 Å². The summed E-state index contributed by atoms with van der Waals surface area (Å²) < 4.78 is 5.24. The number of carbonyl (C=O) groups excluding carboxylic acids is 1. The molecule has 2 aromatic carbocycles. The number of nitro groups is 1. The minimum absolute atomic E-state index is 0.0344. The van der Waals surface area contributed by atoms with Gasteiger partial charge in [-0.1, -0.05) is 24.3 Å². The molecule has 0 fully saturated rings. The van der Waals surface area contributed by atoms with E-state index < -0.39 is 0 Å². The SMILES string of the molecule is O=C(C=Cc1ccco1)c1ccc2c(c1)C1C=CCC1C(c1cccc([N+](=O)[O-])c1)N2. The standard InChI is InChI=1S/C25H20N2O4/c28-24(12-10-19-6-3-13-31-19)16-9-11-23-22(15-16)20-7-2-8-21(20)25(26-23)17-4-1-5-18(14-17)27(29)30/h1-7,9-15,20-21,25-26H,8H2. The Kier molecular flexibility index (Phi) is 4.75. The third-order valence-electron chi connectivity index (χ3n) is 6.03. The summed E-state index contributed by atoms with van der Waals surface area (Å²) in [6.45, 7) is 0. The van der Waals surface area contributed by atoms with Crippen molar-refractivity contribution in [1.82, 2.24) is 0 Å². The van der Waals surface area contributed by atoms with Crippen molar-refractivity contribution in [2.75, 3.05) is 5.32 Å². The van der Waals surface area contributed by atoms with Crippen LogP contribution >= 0.6 is 0 Å².